The van der Waals surface area contributed by atoms with E-state index in [0.29, 0.717) is 35.9 Å². The molecule has 3 atom stereocenters. The zero-order chi connectivity index (χ0) is 21.3. The molecule has 0 aromatic rings. The molecule has 0 aromatic heterocycles. The summed E-state index contributed by atoms with van der Waals surface area (Å²) in [6.45, 7) is 10.1. The zero-order valence-electron chi connectivity index (χ0n) is 19.8. The van der Waals surface area contributed by atoms with Crippen LogP contribution >= 0.6 is 24.0 Å². The molecule has 1 amide bonds. The molecule has 5 rings (SSSR count). The van der Waals surface area contributed by atoms with Gasteiger partial charge in [-0.1, -0.05) is 19.3 Å². The van der Waals surface area contributed by atoms with Crippen LogP contribution in [0.1, 0.15) is 58.3 Å². The predicted octanol–water partition coefficient (Wildman–Crippen LogP) is 2.55. The van der Waals surface area contributed by atoms with E-state index < -0.39 is 0 Å². The lowest BCUT2D eigenvalue weighted by atomic mass is 9.46. The Morgan fingerprint density at radius 1 is 1.00 bits per heavy atom. The van der Waals surface area contributed by atoms with Gasteiger partial charge < -0.3 is 19.9 Å². The number of aliphatic imine (C=N–C) groups is 1. The first kappa shape index (κ1) is 24.5. The van der Waals surface area contributed by atoms with Crippen molar-refractivity contribution in [2.75, 3.05) is 59.0 Å². The molecule has 0 bridgehead atoms. The van der Waals surface area contributed by atoms with Crippen molar-refractivity contribution in [3.8, 4) is 0 Å². The highest BCUT2D eigenvalue weighted by atomic mass is 127. The number of carbonyl (C=O) groups is 1. The summed E-state index contributed by atoms with van der Waals surface area (Å²) in [5.41, 5.74) is 0.372. The third-order valence-corrected chi connectivity index (χ3v) is 8.62. The van der Waals surface area contributed by atoms with Crippen molar-refractivity contribution in [1.29, 1.82) is 0 Å². The largest absolute Gasteiger partial charge is 0.377 e. The molecular weight excluding hydrogens is 517 g/mol. The number of guanidine groups is 1. The molecule has 3 saturated heterocycles. The average molecular weight is 560 g/mol. The summed E-state index contributed by atoms with van der Waals surface area (Å²) < 4.78 is 6.10. The minimum absolute atomic E-state index is 0. The first-order chi connectivity index (χ1) is 15.2. The van der Waals surface area contributed by atoms with Crippen LogP contribution in [0, 0.1) is 11.3 Å². The van der Waals surface area contributed by atoms with E-state index >= 15 is 0 Å². The number of amides is 1. The number of nitrogens with zero attached hydrogens (tertiary/aromatic N) is 4. The van der Waals surface area contributed by atoms with E-state index in [-0.39, 0.29) is 24.0 Å². The van der Waals surface area contributed by atoms with Crippen molar-refractivity contribution >= 4 is 35.8 Å². The molecule has 5 aliphatic rings. The van der Waals surface area contributed by atoms with Gasteiger partial charge in [-0.15, -0.1) is 24.0 Å². The van der Waals surface area contributed by atoms with Gasteiger partial charge in [-0.2, -0.15) is 0 Å². The van der Waals surface area contributed by atoms with Crippen molar-refractivity contribution in [2.24, 2.45) is 16.3 Å². The number of likely N-dealkylation sites (tertiary alicyclic amines) is 1. The summed E-state index contributed by atoms with van der Waals surface area (Å²) in [5.74, 6) is 2.07. The zero-order valence-corrected chi connectivity index (χ0v) is 22.1. The molecule has 2 aliphatic carbocycles. The number of hydrogen-bond acceptors (Lipinski definition) is 4. The van der Waals surface area contributed by atoms with Gasteiger partial charge in [0.05, 0.1) is 12.6 Å². The van der Waals surface area contributed by atoms with Crippen LogP contribution < -0.4 is 5.32 Å². The van der Waals surface area contributed by atoms with Crippen molar-refractivity contribution in [2.45, 2.75) is 70.4 Å². The first-order valence-corrected chi connectivity index (χ1v) is 12.9. The van der Waals surface area contributed by atoms with Crippen molar-refractivity contribution in [3.63, 3.8) is 0 Å². The molecule has 3 aliphatic heterocycles. The Balaban J connectivity index is 0.00000245. The topological polar surface area (TPSA) is 60.4 Å². The van der Waals surface area contributed by atoms with Crippen LogP contribution in [0.25, 0.3) is 0 Å². The van der Waals surface area contributed by atoms with Crippen molar-refractivity contribution in [1.82, 2.24) is 20.0 Å². The number of hydrogen-bond donors (Lipinski definition) is 1. The van der Waals surface area contributed by atoms with E-state index in [1.807, 2.05) is 0 Å². The second kappa shape index (κ2) is 10.8. The SMILES string of the molecule is CCN=C(NC1C2CCOC2C12CCC2)N1CCN(CC(=O)N2CCCCCC2)CC1.I. The quantitative estimate of drug-likeness (QED) is 0.326. The number of piperazine rings is 1. The maximum Gasteiger partial charge on any atom is 0.236 e. The normalized spacial score (nSPS) is 32.4. The molecule has 3 heterocycles. The molecule has 8 heteroatoms. The van der Waals surface area contributed by atoms with E-state index in [1.54, 1.807) is 0 Å². The van der Waals surface area contributed by atoms with E-state index in [0.717, 1.165) is 71.2 Å². The molecule has 32 heavy (non-hydrogen) atoms. The molecule has 182 valence electrons. The average Bonchev–Trinajstić information content (AvgIpc) is 2.97. The Kier molecular flexibility index (Phi) is 8.24. The van der Waals surface area contributed by atoms with Crippen LogP contribution in [0.4, 0.5) is 0 Å². The molecule has 2 saturated carbocycles. The number of fused-ring (bicyclic) bond motifs is 2. The van der Waals surface area contributed by atoms with Gasteiger partial charge in [-0.25, -0.2) is 0 Å². The Bertz CT molecular complexity index is 669. The smallest absolute Gasteiger partial charge is 0.236 e. The highest BCUT2D eigenvalue weighted by molar-refractivity contribution is 14.0. The minimum Gasteiger partial charge on any atom is -0.377 e. The highest BCUT2D eigenvalue weighted by Crippen LogP contribution is 2.62. The molecule has 3 unspecified atom stereocenters. The van der Waals surface area contributed by atoms with E-state index in [4.69, 9.17) is 9.73 Å². The first-order valence-electron chi connectivity index (χ1n) is 12.9. The summed E-state index contributed by atoms with van der Waals surface area (Å²) in [6.07, 6.45) is 10.5. The molecule has 1 N–H and O–H groups in total. The monoisotopic (exact) mass is 559 g/mol. The van der Waals surface area contributed by atoms with Gasteiger partial charge in [0, 0.05) is 69.8 Å². The molecule has 5 fully saturated rings. The molecule has 7 nitrogen and oxygen atoms in total. The lowest BCUT2D eigenvalue weighted by Gasteiger charge is -2.63. The lowest BCUT2D eigenvalue weighted by molar-refractivity contribution is -0.171. The second-order valence-corrected chi connectivity index (χ2v) is 10.3. The Hall–Kier alpha value is -0.610. The number of ether oxygens (including phenoxy) is 1. The van der Waals surface area contributed by atoms with Crippen LogP contribution in [0.3, 0.4) is 0 Å². The van der Waals surface area contributed by atoms with E-state index in [2.05, 4.69) is 26.9 Å². The van der Waals surface area contributed by atoms with Gasteiger partial charge in [0.25, 0.3) is 0 Å². The summed E-state index contributed by atoms with van der Waals surface area (Å²) in [6, 6.07) is 0.529. The van der Waals surface area contributed by atoms with Gasteiger partial charge >= 0.3 is 0 Å². The van der Waals surface area contributed by atoms with Crippen LogP contribution in [-0.2, 0) is 9.53 Å². The van der Waals surface area contributed by atoms with Crippen LogP contribution in [-0.4, -0.2) is 97.7 Å². The highest BCUT2D eigenvalue weighted by Gasteiger charge is 2.66. The molecule has 0 aromatic carbocycles. The van der Waals surface area contributed by atoms with Crippen molar-refractivity contribution < 1.29 is 9.53 Å². The maximum absolute atomic E-state index is 12.8. The molecule has 0 radical (unpaired) electrons. The summed E-state index contributed by atoms with van der Waals surface area (Å²) in [7, 11) is 0. The molecule has 1 spiro atoms. The third kappa shape index (κ3) is 4.65. The van der Waals surface area contributed by atoms with Gasteiger partial charge in [0.1, 0.15) is 0 Å². The molecular formula is C24H42IN5O2. The number of rotatable bonds is 4. The summed E-state index contributed by atoms with van der Waals surface area (Å²) >= 11 is 0. The van der Waals surface area contributed by atoms with Gasteiger partial charge in [-0.3, -0.25) is 14.7 Å². The van der Waals surface area contributed by atoms with Gasteiger partial charge in [-0.05, 0) is 39.0 Å². The number of halogens is 1. The summed E-state index contributed by atoms with van der Waals surface area (Å²) in [5, 5.41) is 3.90. The fourth-order valence-electron chi connectivity index (χ4n) is 6.71. The number of carbonyl (C=O) groups excluding carboxylic acids is 1. The third-order valence-electron chi connectivity index (χ3n) is 8.62. The van der Waals surface area contributed by atoms with E-state index in [9.17, 15) is 4.79 Å². The summed E-state index contributed by atoms with van der Waals surface area (Å²) in [4.78, 5) is 24.5. The van der Waals surface area contributed by atoms with Gasteiger partial charge in [0.15, 0.2) is 5.96 Å². The van der Waals surface area contributed by atoms with Crippen LogP contribution in [0.2, 0.25) is 0 Å². The van der Waals surface area contributed by atoms with E-state index in [1.165, 1.54) is 38.5 Å². The van der Waals surface area contributed by atoms with Crippen molar-refractivity contribution in [3.05, 3.63) is 0 Å². The number of nitrogens with one attached hydrogen (secondary N) is 1. The predicted molar refractivity (Wildman–Crippen MR) is 138 cm³/mol. The fraction of sp³-hybridized carbons (Fsp3) is 0.917. The Morgan fingerprint density at radius 3 is 2.34 bits per heavy atom. The lowest BCUT2D eigenvalue weighted by Crippen LogP contribution is -2.73. The fourth-order valence-corrected chi connectivity index (χ4v) is 6.71. The second-order valence-electron chi connectivity index (χ2n) is 10.3. The minimum atomic E-state index is 0. The maximum atomic E-state index is 12.8. The van der Waals surface area contributed by atoms with Gasteiger partial charge in [0.2, 0.25) is 5.91 Å². The Labute approximate surface area is 210 Å². The van der Waals surface area contributed by atoms with Crippen LogP contribution in [0.5, 0.6) is 0 Å². The van der Waals surface area contributed by atoms with Crippen LogP contribution in [0.15, 0.2) is 4.99 Å². The standard InChI is InChI=1S/C24H41N5O2.HI/c1-2-25-23(26-21-19-8-17-31-22(19)24(21)9-7-10-24)29-15-13-27(14-16-29)18-20(30)28-11-5-3-4-6-12-28;/h19,21-22H,2-18H2,1H3,(H,25,26);1H. The Morgan fingerprint density at radius 2 is 1.72 bits per heavy atom.